The Morgan fingerprint density at radius 2 is 2.46 bits per heavy atom. The van der Waals surface area contributed by atoms with Crippen molar-refractivity contribution in [2.45, 2.75) is 26.4 Å². The normalized spacial score (nSPS) is 21.8. The minimum absolute atomic E-state index is 0.0147. The number of rotatable bonds is 2. The molecule has 0 saturated heterocycles. The third kappa shape index (κ3) is 3.27. The zero-order valence-electron chi connectivity index (χ0n) is 7.70. The number of ketones is 1. The van der Waals surface area contributed by atoms with Crippen molar-refractivity contribution < 1.29 is 19.1 Å². The van der Waals surface area contributed by atoms with Crippen molar-refractivity contribution in [3.63, 3.8) is 0 Å². The van der Waals surface area contributed by atoms with Crippen molar-refractivity contribution >= 4 is 11.8 Å². The molecule has 0 saturated carbocycles. The fourth-order valence-corrected chi connectivity index (χ4v) is 1.10. The van der Waals surface area contributed by atoms with Gasteiger partial charge in [0.1, 0.15) is 18.5 Å². The summed E-state index contributed by atoms with van der Waals surface area (Å²) in [6.07, 6.45) is 1.65. The molecule has 0 aromatic carbocycles. The Hall–Kier alpha value is -1.32. The summed E-state index contributed by atoms with van der Waals surface area (Å²) in [5.41, 5.74) is 0. The van der Waals surface area contributed by atoms with Crippen LogP contribution in [-0.2, 0) is 19.1 Å². The molecule has 1 rings (SSSR count). The summed E-state index contributed by atoms with van der Waals surface area (Å²) in [7, 11) is 0. The summed E-state index contributed by atoms with van der Waals surface area (Å²) in [6, 6.07) is 0. The third-order valence-electron chi connectivity index (χ3n) is 1.58. The summed E-state index contributed by atoms with van der Waals surface area (Å²) in [6.45, 7) is 3.17. The van der Waals surface area contributed by atoms with Gasteiger partial charge in [0.25, 0.3) is 0 Å². The number of hydrogen-bond donors (Lipinski definition) is 0. The van der Waals surface area contributed by atoms with Gasteiger partial charge in [-0.15, -0.1) is 0 Å². The molecule has 1 aliphatic rings. The van der Waals surface area contributed by atoms with Gasteiger partial charge in [0, 0.05) is 19.4 Å². The first-order chi connectivity index (χ1) is 6.08. The predicted molar refractivity (Wildman–Crippen MR) is 44.9 cm³/mol. The maximum absolute atomic E-state index is 11.0. The highest BCUT2D eigenvalue weighted by Crippen LogP contribution is 2.13. The van der Waals surface area contributed by atoms with Crippen LogP contribution in [0.15, 0.2) is 11.8 Å². The lowest BCUT2D eigenvalue weighted by Crippen LogP contribution is -2.21. The highest BCUT2D eigenvalue weighted by molar-refractivity contribution is 5.91. The Balaban J connectivity index is 2.49. The topological polar surface area (TPSA) is 52.6 Å². The van der Waals surface area contributed by atoms with Gasteiger partial charge in [-0.1, -0.05) is 0 Å². The van der Waals surface area contributed by atoms with Crippen molar-refractivity contribution in [3.05, 3.63) is 11.8 Å². The number of allylic oxidation sites excluding steroid dienone is 1. The van der Waals surface area contributed by atoms with Gasteiger partial charge in [0.05, 0.1) is 0 Å². The second-order valence-electron chi connectivity index (χ2n) is 2.99. The molecule has 0 aliphatic carbocycles. The SMILES string of the molecule is CC(=O)OCC1=CC(=O)C[C@H](C)O1. The molecular formula is C9H12O4. The fourth-order valence-electron chi connectivity index (χ4n) is 1.10. The molecule has 1 aliphatic heterocycles. The lowest BCUT2D eigenvalue weighted by Gasteiger charge is -2.20. The second-order valence-corrected chi connectivity index (χ2v) is 2.99. The van der Waals surface area contributed by atoms with Gasteiger partial charge in [-0.2, -0.15) is 0 Å². The standard InChI is InChI=1S/C9H12O4/c1-6-3-8(11)4-9(13-6)5-12-7(2)10/h4,6H,3,5H2,1-2H3/t6-/m0/s1. The van der Waals surface area contributed by atoms with Gasteiger partial charge in [0.2, 0.25) is 0 Å². The number of esters is 1. The zero-order valence-corrected chi connectivity index (χ0v) is 7.70. The number of hydrogen-bond acceptors (Lipinski definition) is 4. The maximum Gasteiger partial charge on any atom is 0.303 e. The van der Waals surface area contributed by atoms with E-state index in [4.69, 9.17) is 9.47 Å². The molecule has 1 heterocycles. The van der Waals surface area contributed by atoms with Crippen LogP contribution in [0, 0.1) is 0 Å². The summed E-state index contributed by atoms with van der Waals surface area (Å²) in [5.74, 6) is 0.0648. The molecule has 13 heavy (non-hydrogen) atoms. The number of ether oxygens (including phenoxy) is 2. The van der Waals surface area contributed by atoms with E-state index in [1.807, 2.05) is 0 Å². The van der Waals surface area contributed by atoms with E-state index in [0.29, 0.717) is 12.2 Å². The van der Waals surface area contributed by atoms with Crippen molar-refractivity contribution in [2.24, 2.45) is 0 Å². The Morgan fingerprint density at radius 1 is 1.77 bits per heavy atom. The molecule has 0 spiro atoms. The number of carbonyl (C=O) groups excluding carboxylic acids is 2. The van der Waals surface area contributed by atoms with E-state index >= 15 is 0 Å². The molecule has 0 radical (unpaired) electrons. The van der Waals surface area contributed by atoms with E-state index < -0.39 is 0 Å². The summed E-state index contributed by atoms with van der Waals surface area (Å²) in [5, 5.41) is 0. The van der Waals surface area contributed by atoms with E-state index in [1.165, 1.54) is 13.0 Å². The average Bonchev–Trinajstić information content (AvgIpc) is 1.99. The minimum Gasteiger partial charge on any atom is -0.491 e. The van der Waals surface area contributed by atoms with Crippen LogP contribution in [-0.4, -0.2) is 24.5 Å². The van der Waals surface area contributed by atoms with E-state index in [9.17, 15) is 9.59 Å². The molecular weight excluding hydrogens is 172 g/mol. The van der Waals surface area contributed by atoms with Gasteiger partial charge in [-0.05, 0) is 6.92 Å². The Labute approximate surface area is 76.5 Å². The molecule has 0 fully saturated rings. The molecule has 4 nitrogen and oxygen atoms in total. The maximum atomic E-state index is 11.0. The first kappa shape index (κ1) is 9.77. The Bertz CT molecular complexity index is 254. The highest BCUT2D eigenvalue weighted by Gasteiger charge is 2.18. The lowest BCUT2D eigenvalue weighted by molar-refractivity contribution is -0.141. The monoisotopic (exact) mass is 184 g/mol. The van der Waals surface area contributed by atoms with Crippen molar-refractivity contribution in [3.8, 4) is 0 Å². The smallest absolute Gasteiger partial charge is 0.303 e. The van der Waals surface area contributed by atoms with Crippen LogP contribution < -0.4 is 0 Å². The van der Waals surface area contributed by atoms with Gasteiger partial charge in [0.15, 0.2) is 5.78 Å². The zero-order chi connectivity index (χ0) is 9.84. The molecule has 1 atom stereocenters. The first-order valence-corrected chi connectivity index (χ1v) is 4.11. The van der Waals surface area contributed by atoms with Crippen molar-refractivity contribution in [1.82, 2.24) is 0 Å². The van der Waals surface area contributed by atoms with E-state index in [0.717, 1.165) is 0 Å². The summed E-state index contributed by atoms with van der Waals surface area (Å²) < 4.78 is 9.96. The van der Waals surface area contributed by atoms with Crippen LogP contribution in [0.4, 0.5) is 0 Å². The Morgan fingerprint density at radius 3 is 3.00 bits per heavy atom. The van der Waals surface area contributed by atoms with Gasteiger partial charge >= 0.3 is 5.97 Å². The quantitative estimate of drug-likeness (QED) is 0.596. The van der Waals surface area contributed by atoms with Gasteiger partial charge in [-0.3, -0.25) is 9.59 Å². The van der Waals surface area contributed by atoms with E-state index in [-0.39, 0.29) is 24.5 Å². The lowest BCUT2D eigenvalue weighted by atomic mass is 10.1. The molecule has 0 unspecified atom stereocenters. The average molecular weight is 184 g/mol. The molecule has 0 aromatic rings. The predicted octanol–water partition coefficient (Wildman–Crippen LogP) is 0.811. The molecule has 4 heteroatoms. The van der Waals surface area contributed by atoms with Crippen LogP contribution in [0.3, 0.4) is 0 Å². The van der Waals surface area contributed by atoms with Crippen molar-refractivity contribution in [2.75, 3.05) is 6.61 Å². The second kappa shape index (κ2) is 4.07. The molecule has 0 bridgehead atoms. The van der Waals surface area contributed by atoms with Crippen molar-refractivity contribution in [1.29, 1.82) is 0 Å². The van der Waals surface area contributed by atoms with E-state index in [2.05, 4.69) is 0 Å². The fraction of sp³-hybridized carbons (Fsp3) is 0.556. The van der Waals surface area contributed by atoms with Crippen LogP contribution in [0.2, 0.25) is 0 Å². The van der Waals surface area contributed by atoms with Crippen LogP contribution in [0.25, 0.3) is 0 Å². The molecule has 72 valence electrons. The highest BCUT2D eigenvalue weighted by atomic mass is 16.6. The molecule has 0 aromatic heterocycles. The summed E-state index contributed by atoms with van der Waals surface area (Å²) >= 11 is 0. The third-order valence-corrected chi connectivity index (χ3v) is 1.58. The largest absolute Gasteiger partial charge is 0.491 e. The van der Waals surface area contributed by atoms with E-state index in [1.54, 1.807) is 6.92 Å². The first-order valence-electron chi connectivity index (χ1n) is 4.11. The van der Waals surface area contributed by atoms with Crippen LogP contribution in [0.5, 0.6) is 0 Å². The Kier molecular flexibility index (Phi) is 3.06. The van der Waals surface area contributed by atoms with Crippen LogP contribution >= 0.6 is 0 Å². The minimum atomic E-state index is -0.379. The van der Waals surface area contributed by atoms with Gasteiger partial charge in [-0.25, -0.2) is 0 Å². The summed E-state index contributed by atoms with van der Waals surface area (Å²) in [4.78, 5) is 21.5. The van der Waals surface area contributed by atoms with Gasteiger partial charge < -0.3 is 9.47 Å². The number of carbonyl (C=O) groups is 2. The molecule has 0 amide bonds. The van der Waals surface area contributed by atoms with Crippen LogP contribution in [0.1, 0.15) is 20.3 Å². The molecule has 0 N–H and O–H groups in total.